The van der Waals surface area contributed by atoms with Gasteiger partial charge in [-0.2, -0.15) is 0 Å². The molecule has 5 rings (SSSR count). The molecule has 1 amide bonds. The second-order valence-corrected chi connectivity index (χ2v) is 9.01. The summed E-state index contributed by atoms with van der Waals surface area (Å²) in [6, 6.07) is 6.96. The number of nitrogens with zero attached hydrogens (tertiary/aromatic N) is 4. The van der Waals surface area contributed by atoms with E-state index in [9.17, 15) is 18.4 Å². The number of carbonyl (C=O) groups excluding carboxylic acids is 1. The number of aliphatic carboxylic acids is 1. The van der Waals surface area contributed by atoms with Crippen LogP contribution in [0.15, 0.2) is 40.9 Å². The number of aromatic nitrogens is 3. The van der Waals surface area contributed by atoms with Crippen LogP contribution in [0.4, 0.5) is 20.3 Å². The van der Waals surface area contributed by atoms with Crippen LogP contribution >= 0.6 is 0 Å². The molecule has 2 fully saturated rings. The first kappa shape index (κ1) is 21.9. The fourth-order valence-corrected chi connectivity index (χ4v) is 4.81. The summed E-state index contributed by atoms with van der Waals surface area (Å²) in [5.41, 5.74) is 1.10. The van der Waals surface area contributed by atoms with E-state index in [0.717, 1.165) is 43.9 Å². The smallest absolute Gasteiger partial charge is 0.313 e. The molecule has 0 unspecified atom stereocenters. The summed E-state index contributed by atoms with van der Waals surface area (Å²) >= 11 is 0. The zero-order valence-electron chi connectivity index (χ0n) is 18.0. The number of carboxylic acid groups (broad SMARTS) is 1. The average Bonchev–Trinajstić information content (AvgIpc) is 3.21. The van der Waals surface area contributed by atoms with Crippen LogP contribution in [0.1, 0.15) is 41.4 Å². The molecule has 1 saturated heterocycles. The lowest BCUT2D eigenvalue weighted by molar-refractivity contribution is -0.140. The van der Waals surface area contributed by atoms with Gasteiger partial charge in [-0.05, 0) is 48.6 Å². The lowest BCUT2D eigenvalue weighted by atomic mass is 9.57. The van der Waals surface area contributed by atoms with Crippen LogP contribution in [0.2, 0.25) is 0 Å². The minimum atomic E-state index is -0.977. The van der Waals surface area contributed by atoms with E-state index >= 15 is 0 Å². The summed E-state index contributed by atoms with van der Waals surface area (Å²) in [5.74, 6) is -2.38. The van der Waals surface area contributed by atoms with Crippen molar-refractivity contribution in [2.24, 2.45) is 11.3 Å². The highest BCUT2D eigenvalue weighted by molar-refractivity contribution is 6.00. The number of hydrogen-bond acceptors (Lipinski definition) is 7. The highest BCUT2D eigenvalue weighted by atomic mass is 19.2. The third-order valence-corrected chi connectivity index (χ3v) is 6.29. The molecule has 1 saturated carbocycles. The van der Waals surface area contributed by atoms with E-state index in [2.05, 4.69) is 25.4 Å². The first-order valence-corrected chi connectivity index (χ1v) is 10.8. The Labute approximate surface area is 192 Å². The number of nitrogens with one attached hydrogen (secondary N) is 1. The molecule has 176 valence electrons. The summed E-state index contributed by atoms with van der Waals surface area (Å²) in [7, 11) is 0. The van der Waals surface area contributed by atoms with Gasteiger partial charge in [-0.25, -0.2) is 13.8 Å². The van der Waals surface area contributed by atoms with Crippen molar-refractivity contribution in [3.05, 3.63) is 65.5 Å². The Balaban J connectivity index is 1.13. The molecule has 9 nitrogen and oxygen atoms in total. The summed E-state index contributed by atoms with van der Waals surface area (Å²) < 4.78 is 31.7. The van der Waals surface area contributed by atoms with Gasteiger partial charge in [0, 0.05) is 24.9 Å². The van der Waals surface area contributed by atoms with Crippen LogP contribution in [0, 0.1) is 23.0 Å². The Morgan fingerprint density at radius 2 is 1.94 bits per heavy atom. The third-order valence-electron chi connectivity index (χ3n) is 6.29. The summed E-state index contributed by atoms with van der Waals surface area (Å²) in [6.07, 6.45) is 3.70. The molecule has 0 bridgehead atoms. The number of anilines is 2. The van der Waals surface area contributed by atoms with Crippen LogP contribution in [0.5, 0.6) is 0 Å². The Morgan fingerprint density at radius 1 is 1.15 bits per heavy atom. The second kappa shape index (κ2) is 8.47. The quantitative estimate of drug-likeness (QED) is 0.541. The van der Waals surface area contributed by atoms with Crippen LogP contribution in [-0.4, -0.2) is 45.3 Å². The van der Waals surface area contributed by atoms with Gasteiger partial charge in [0.2, 0.25) is 5.89 Å². The van der Waals surface area contributed by atoms with Crippen LogP contribution < -0.4 is 10.2 Å². The number of carboxylic acids is 1. The highest BCUT2D eigenvalue weighted by Crippen LogP contribution is 2.53. The van der Waals surface area contributed by atoms with Gasteiger partial charge >= 0.3 is 17.8 Å². The average molecular weight is 469 g/mol. The molecule has 2 N–H and O–H groups in total. The minimum Gasteiger partial charge on any atom is -0.481 e. The summed E-state index contributed by atoms with van der Waals surface area (Å²) in [5, 5.41) is 19.0. The van der Waals surface area contributed by atoms with Crippen molar-refractivity contribution in [3.8, 4) is 0 Å². The SMILES string of the molecule is O=C(O)CC1CC2(C1)CN(c1ccc(NC(=O)c3nnc(Cc4ccc(F)c(F)c4)o3)cn1)C2. The molecule has 0 atom stereocenters. The molecule has 1 aromatic carbocycles. The van der Waals surface area contributed by atoms with E-state index in [-0.39, 0.29) is 36.0 Å². The van der Waals surface area contributed by atoms with Crippen molar-refractivity contribution in [2.75, 3.05) is 23.3 Å². The lowest BCUT2D eigenvalue weighted by Gasteiger charge is -2.59. The molecule has 1 spiro atoms. The minimum absolute atomic E-state index is 0.0577. The molecule has 2 aliphatic rings. The number of carbonyl (C=O) groups is 2. The molecule has 34 heavy (non-hydrogen) atoms. The monoisotopic (exact) mass is 469 g/mol. The second-order valence-electron chi connectivity index (χ2n) is 9.01. The molecular formula is C23H21F2N5O4. The molecule has 3 aromatic rings. The number of rotatable bonds is 7. The predicted octanol–water partition coefficient (Wildman–Crippen LogP) is 3.28. The lowest BCUT2D eigenvalue weighted by Crippen LogP contribution is -2.62. The normalized spacial score (nSPS) is 16.7. The van der Waals surface area contributed by atoms with Gasteiger partial charge in [-0.15, -0.1) is 10.2 Å². The maximum absolute atomic E-state index is 13.3. The van der Waals surface area contributed by atoms with Crippen LogP contribution in [0.25, 0.3) is 0 Å². The first-order valence-electron chi connectivity index (χ1n) is 10.8. The third kappa shape index (κ3) is 4.45. The van der Waals surface area contributed by atoms with E-state index in [4.69, 9.17) is 9.52 Å². The van der Waals surface area contributed by atoms with Gasteiger partial charge in [-0.1, -0.05) is 6.07 Å². The van der Waals surface area contributed by atoms with E-state index in [0.29, 0.717) is 11.3 Å². The maximum Gasteiger partial charge on any atom is 0.313 e. The Bertz CT molecular complexity index is 1230. The Hall–Kier alpha value is -3.89. The van der Waals surface area contributed by atoms with Gasteiger partial charge in [0.25, 0.3) is 0 Å². The van der Waals surface area contributed by atoms with Crippen molar-refractivity contribution < 1.29 is 27.9 Å². The molecule has 3 heterocycles. The number of pyridine rings is 1. The van der Waals surface area contributed by atoms with Crippen LogP contribution in [-0.2, 0) is 11.2 Å². The first-order chi connectivity index (χ1) is 16.3. The van der Waals surface area contributed by atoms with E-state index in [1.54, 1.807) is 12.1 Å². The van der Waals surface area contributed by atoms with Gasteiger partial charge in [-0.3, -0.25) is 9.59 Å². The zero-order chi connectivity index (χ0) is 23.9. The van der Waals surface area contributed by atoms with Crippen molar-refractivity contribution in [1.82, 2.24) is 15.2 Å². The Kier molecular flexibility index (Phi) is 5.46. The van der Waals surface area contributed by atoms with Crippen LogP contribution in [0.3, 0.4) is 0 Å². The predicted molar refractivity (Wildman–Crippen MR) is 115 cm³/mol. The van der Waals surface area contributed by atoms with E-state index < -0.39 is 23.5 Å². The molecular weight excluding hydrogens is 448 g/mol. The number of amides is 1. The number of benzene rings is 1. The largest absolute Gasteiger partial charge is 0.481 e. The number of halogens is 2. The van der Waals surface area contributed by atoms with Crippen molar-refractivity contribution >= 4 is 23.4 Å². The summed E-state index contributed by atoms with van der Waals surface area (Å²) in [6.45, 7) is 1.70. The van der Waals surface area contributed by atoms with Gasteiger partial charge in [0.05, 0.1) is 18.3 Å². The topological polar surface area (TPSA) is 121 Å². The van der Waals surface area contributed by atoms with Crippen molar-refractivity contribution in [2.45, 2.75) is 25.7 Å². The Morgan fingerprint density at radius 3 is 2.62 bits per heavy atom. The molecule has 11 heteroatoms. The standard InChI is InChI=1S/C23H21F2N5O4/c24-16-3-1-13(5-17(16)25)6-19-28-29-22(34-19)21(33)27-15-2-4-18(26-10-15)30-11-23(12-30)8-14(9-23)7-20(31)32/h1-5,10,14H,6-9,11-12H2,(H,27,33)(H,31,32). The van der Waals surface area contributed by atoms with Gasteiger partial charge < -0.3 is 19.7 Å². The van der Waals surface area contributed by atoms with E-state index in [1.807, 2.05) is 0 Å². The zero-order valence-corrected chi connectivity index (χ0v) is 18.0. The molecule has 0 radical (unpaired) electrons. The summed E-state index contributed by atoms with van der Waals surface area (Å²) in [4.78, 5) is 29.8. The molecule has 1 aliphatic heterocycles. The van der Waals surface area contributed by atoms with Gasteiger partial charge in [0.1, 0.15) is 5.82 Å². The highest BCUT2D eigenvalue weighted by Gasteiger charge is 2.52. The fraction of sp³-hybridized carbons (Fsp3) is 0.348. The number of hydrogen-bond donors (Lipinski definition) is 2. The molecule has 1 aliphatic carbocycles. The maximum atomic E-state index is 13.3. The van der Waals surface area contributed by atoms with Gasteiger partial charge in [0.15, 0.2) is 11.6 Å². The van der Waals surface area contributed by atoms with Crippen molar-refractivity contribution in [3.63, 3.8) is 0 Å². The van der Waals surface area contributed by atoms with E-state index in [1.165, 1.54) is 12.3 Å². The van der Waals surface area contributed by atoms with Crippen molar-refractivity contribution in [1.29, 1.82) is 0 Å². The molecule has 2 aromatic heterocycles. The fourth-order valence-electron chi connectivity index (χ4n) is 4.81.